The van der Waals surface area contributed by atoms with Crippen molar-refractivity contribution in [2.75, 3.05) is 40.0 Å². The number of methoxy groups -OCH3 is 1. The van der Waals surface area contributed by atoms with E-state index in [2.05, 4.69) is 41.9 Å². The monoisotopic (exact) mass is 626 g/mol. The van der Waals surface area contributed by atoms with Gasteiger partial charge in [-0.2, -0.15) is 9.78 Å². The minimum Gasteiger partial charge on any atom is -0.493 e. The van der Waals surface area contributed by atoms with Crippen molar-refractivity contribution in [3.05, 3.63) is 60.0 Å². The molecule has 2 heterocycles. The Balaban J connectivity index is 1.62. The van der Waals surface area contributed by atoms with Crippen LogP contribution in [-0.2, 0) is 9.53 Å². The van der Waals surface area contributed by atoms with Gasteiger partial charge in [0.05, 0.1) is 37.4 Å². The molecule has 9 nitrogen and oxygen atoms in total. The van der Waals surface area contributed by atoms with E-state index in [0.717, 1.165) is 4.47 Å². The average molecular weight is 629 g/mol. The van der Waals surface area contributed by atoms with Crippen molar-refractivity contribution in [3.63, 3.8) is 0 Å². The summed E-state index contributed by atoms with van der Waals surface area (Å²) >= 11 is 13.4. The molecule has 0 atom stereocenters. The van der Waals surface area contributed by atoms with Crippen molar-refractivity contribution in [1.82, 2.24) is 14.6 Å². The van der Waals surface area contributed by atoms with Crippen molar-refractivity contribution in [2.24, 2.45) is 5.10 Å². The van der Waals surface area contributed by atoms with Crippen LogP contribution in [0.1, 0.15) is 11.4 Å². The van der Waals surface area contributed by atoms with Gasteiger partial charge in [-0.3, -0.25) is 9.59 Å². The molecule has 1 aliphatic rings. The van der Waals surface area contributed by atoms with E-state index < -0.39 is 0 Å². The second kappa shape index (κ2) is 11.1. The molecule has 0 radical (unpaired) electrons. The van der Waals surface area contributed by atoms with Gasteiger partial charge in [-0.05, 0) is 47.1 Å². The van der Waals surface area contributed by atoms with Gasteiger partial charge in [0.2, 0.25) is 0 Å². The van der Waals surface area contributed by atoms with Crippen LogP contribution in [0.2, 0.25) is 5.02 Å². The number of carbonyl (C=O) groups excluding carboxylic acids is 1. The van der Waals surface area contributed by atoms with Crippen molar-refractivity contribution in [1.29, 1.82) is 0 Å². The third kappa shape index (κ3) is 5.53. The number of halogens is 3. The van der Waals surface area contributed by atoms with Gasteiger partial charge in [-0.1, -0.05) is 27.5 Å². The number of aryl methyl sites for hydroxylation is 1. The number of benzene rings is 2. The highest BCUT2D eigenvalue weighted by Gasteiger charge is 2.21. The van der Waals surface area contributed by atoms with E-state index >= 15 is 0 Å². The maximum Gasteiger partial charge on any atom is 0.282 e. The molecule has 1 fully saturated rings. The molecule has 0 bridgehead atoms. The maximum absolute atomic E-state index is 13.0. The fourth-order valence-corrected chi connectivity index (χ4v) is 4.55. The van der Waals surface area contributed by atoms with Gasteiger partial charge in [0.15, 0.2) is 18.1 Å². The van der Waals surface area contributed by atoms with E-state index in [9.17, 15) is 9.59 Å². The van der Waals surface area contributed by atoms with Crippen molar-refractivity contribution in [3.8, 4) is 11.5 Å². The molecule has 0 saturated carbocycles. The van der Waals surface area contributed by atoms with E-state index in [1.165, 1.54) is 18.0 Å². The zero-order valence-corrected chi connectivity index (χ0v) is 22.8. The zero-order valence-electron chi connectivity index (χ0n) is 18.9. The number of rotatable bonds is 6. The normalized spacial score (nSPS) is 14.0. The Morgan fingerprint density at radius 1 is 1.29 bits per heavy atom. The lowest BCUT2D eigenvalue weighted by molar-refractivity contribution is -0.137. The molecule has 184 valence electrons. The molecule has 0 spiro atoms. The molecule has 12 heteroatoms. The number of hydrogen-bond acceptors (Lipinski definition) is 7. The first kappa shape index (κ1) is 25.6. The van der Waals surface area contributed by atoms with Crippen molar-refractivity contribution in [2.45, 2.75) is 6.92 Å². The van der Waals surface area contributed by atoms with E-state index in [4.69, 9.17) is 25.8 Å². The number of carbonyl (C=O) groups is 1. The second-order valence-electron chi connectivity index (χ2n) is 7.59. The van der Waals surface area contributed by atoms with Gasteiger partial charge in [-0.15, -0.1) is 0 Å². The number of morpholine rings is 1. The van der Waals surface area contributed by atoms with Crippen molar-refractivity contribution >= 4 is 66.5 Å². The Hall–Kier alpha value is -2.47. The minimum atomic E-state index is -0.305. The summed E-state index contributed by atoms with van der Waals surface area (Å²) in [5.41, 5.74) is 0.821. The summed E-state index contributed by atoms with van der Waals surface area (Å²) in [5.74, 6) is 0.805. The molecule has 1 amide bonds. The standard InChI is InChI=1S/C23H21Br2ClN4O5/c1-13-28-17-4-3-15(24)10-16(17)23(32)30(13)27-11-14-9-18(33-2)22(21(26)20(14)25)35-12-19(31)29-5-7-34-8-6-29/h3-4,9-11H,5-8,12H2,1-2H3. The van der Waals surface area contributed by atoms with Gasteiger partial charge in [0, 0.05) is 27.6 Å². The summed E-state index contributed by atoms with van der Waals surface area (Å²) in [6.07, 6.45) is 1.47. The van der Waals surface area contributed by atoms with Crippen LogP contribution in [-0.4, -0.2) is 66.7 Å². The highest BCUT2D eigenvalue weighted by atomic mass is 79.9. The number of fused-ring (bicyclic) bond motifs is 1. The number of ether oxygens (including phenoxy) is 3. The molecule has 0 unspecified atom stereocenters. The molecule has 2 aromatic carbocycles. The lowest BCUT2D eigenvalue weighted by atomic mass is 10.2. The largest absolute Gasteiger partial charge is 0.493 e. The summed E-state index contributed by atoms with van der Waals surface area (Å²) in [4.78, 5) is 31.6. The SMILES string of the molecule is COc1cc(C=Nn2c(C)nc3ccc(Br)cc3c2=O)c(Br)c(Cl)c1OCC(=O)N1CCOCC1. The molecule has 3 aromatic rings. The topological polar surface area (TPSA) is 95.2 Å². The van der Waals surface area contributed by atoms with E-state index in [0.29, 0.717) is 58.8 Å². The first-order chi connectivity index (χ1) is 16.8. The number of hydrogen-bond donors (Lipinski definition) is 0. The van der Waals surface area contributed by atoms with Crippen LogP contribution in [0, 0.1) is 6.92 Å². The summed E-state index contributed by atoms with van der Waals surface area (Å²) in [6, 6.07) is 6.95. The van der Waals surface area contributed by atoms with Crippen LogP contribution in [0.25, 0.3) is 10.9 Å². The fraction of sp³-hybridized carbons (Fsp3) is 0.304. The highest BCUT2D eigenvalue weighted by molar-refractivity contribution is 9.10. The van der Waals surface area contributed by atoms with E-state index in [-0.39, 0.29) is 28.8 Å². The molecule has 1 saturated heterocycles. The Labute approximate surface area is 222 Å². The van der Waals surface area contributed by atoms with Crippen LogP contribution in [0.5, 0.6) is 11.5 Å². The predicted molar refractivity (Wildman–Crippen MR) is 140 cm³/mol. The van der Waals surface area contributed by atoms with Crippen LogP contribution in [0.4, 0.5) is 0 Å². The third-order valence-corrected chi connectivity index (χ3v) is 7.30. The molecule has 1 aliphatic heterocycles. The quantitative estimate of drug-likeness (QED) is 0.383. The summed E-state index contributed by atoms with van der Waals surface area (Å²) in [7, 11) is 1.47. The summed E-state index contributed by atoms with van der Waals surface area (Å²) in [5, 5.41) is 4.99. The number of aromatic nitrogens is 2. The van der Waals surface area contributed by atoms with E-state index in [1.54, 1.807) is 30.0 Å². The lowest BCUT2D eigenvalue weighted by Gasteiger charge is -2.27. The Bertz CT molecular complexity index is 1370. The molecule has 35 heavy (non-hydrogen) atoms. The van der Waals surface area contributed by atoms with Crippen LogP contribution in [0.3, 0.4) is 0 Å². The molecular weight excluding hydrogens is 608 g/mol. The average Bonchev–Trinajstić information content (AvgIpc) is 2.86. The van der Waals surface area contributed by atoms with Gasteiger partial charge in [0.25, 0.3) is 11.5 Å². The van der Waals surface area contributed by atoms with Gasteiger partial charge < -0.3 is 19.1 Å². The number of amides is 1. The lowest BCUT2D eigenvalue weighted by Crippen LogP contribution is -2.43. The maximum atomic E-state index is 13.0. The van der Waals surface area contributed by atoms with Gasteiger partial charge in [0.1, 0.15) is 10.8 Å². The second-order valence-corrected chi connectivity index (χ2v) is 9.68. The van der Waals surface area contributed by atoms with E-state index in [1.807, 2.05) is 6.07 Å². The highest BCUT2D eigenvalue weighted by Crippen LogP contribution is 2.42. The number of nitrogens with zero attached hydrogens (tertiary/aromatic N) is 4. The zero-order chi connectivity index (χ0) is 25.1. The van der Waals surface area contributed by atoms with Crippen molar-refractivity contribution < 1.29 is 19.0 Å². The predicted octanol–water partition coefficient (Wildman–Crippen LogP) is 4.01. The molecule has 1 aromatic heterocycles. The summed E-state index contributed by atoms with van der Waals surface area (Å²) in [6.45, 7) is 3.55. The molecule has 0 aliphatic carbocycles. The Morgan fingerprint density at radius 2 is 2.03 bits per heavy atom. The molecule has 4 rings (SSSR count). The van der Waals surface area contributed by atoms with Gasteiger partial charge >= 0.3 is 0 Å². The smallest absolute Gasteiger partial charge is 0.282 e. The van der Waals surface area contributed by atoms with Crippen LogP contribution >= 0.6 is 43.5 Å². The minimum absolute atomic E-state index is 0.168. The molecule has 0 N–H and O–H groups in total. The Morgan fingerprint density at radius 3 is 2.74 bits per heavy atom. The van der Waals surface area contributed by atoms with Crippen LogP contribution < -0.4 is 15.0 Å². The third-order valence-electron chi connectivity index (χ3n) is 5.36. The Kier molecular flexibility index (Phi) is 8.10. The van der Waals surface area contributed by atoms with Crippen LogP contribution in [0.15, 0.2) is 43.1 Å². The van der Waals surface area contributed by atoms with Gasteiger partial charge in [-0.25, -0.2) is 4.98 Å². The molecular formula is C23H21Br2ClN4O5. The fourth-order valence-electron chi connectivity index (χ4n) is 3.54. The first-order valence-corrected chi connectivity index (χ1v) is 12.5. The first-order valence-electron chi connectivity index (χ1n) is 10.6. The summed E-state index contributed by atoms with van der Waals surface area (Å²) < 4.78 is 18.9.